The third-order valence-electron chi connectivity index (χ3n) is 4.49. The number of carbonyl (C=O) groups excluding carboxylic acids is 2. The van der Waals surface area contributed by atoms with Gasteiger partial charge < -0.3 is 10.2 Å². The van der Waals surface area contributed by atoms with Crippen LogP contribution in [0.1, 0.15) is 63.3 Å². The predicted octanol–water partition coefficient (Wildman–Crippen LogP) is 4.00. The number of anilines is 1. The van der Waals surface area contributed by atoms with Gasteiger partial charge in [-0.25, -0.2) is 0 Å². The molecule has 0 spiro atoms. The van der Waals surface area contributed by atoms with Crippen LogP contribution in [0.2, 0.25) is 0 Å². The van der Waals surface area contributed by atoms with Crippen LogP contribution in [0, 0.1) is 0 Å². The molecular weight excluding hydrogens is 338 g/mol. The van der Waals surface area contributed by atoms with Crippen LogP contribution in [-0.2, 0) is 16.1 Å². The van der Waals surface area contributed by atoms with Crippen molar-refractivity contribution in [2.24, 2.45) is 0 Å². The second kappa shape index (κ2) is 9.31. The number of pyridine rings is 1. The summed E-state index contributed by atoms with van der Waals surface area (Å²) < 4.78 is 0. The molecule has 1 heterocycles. The molecule has 0 saturated carbocycles. The lowest BCUT2D eigenvalue weighted by atomic mass is 9.91. The Hall–Kier alpha value is -2.69. The number of para-hydroxylation sites is 1. The Morgan fingerprint density at radius 2 is 1.63 bits per heavy atom. The number of aromatic nitrogens is 1. The first-order valence-electron chi connectivity index (χ1n) is 9.38. The number of nitrogens with one attached hydrogen (secondary N) is 1. The molecule has 1 N–H and O–H groups in total. The monoisotopic (exact) mass is 367 g/mol. The highest BCUT2D eigenvalue weighted by Gasteiger charge is 2.24. The van der Waals surface area contributed by atoms with Crippen molar-refractivity contribution in [1.82, 2.24) is 10.3 Å². The van der Waals surface area contributed by atoms with E-state index in [4.69, 9.17) is 0 Å². The standard InChI is InChI=1S/C22H29N3O2/c1-15(2)19-10-8-11-20(16(3)4)22(19)25(17(5)26)14-21(27)24-13-18-9-6-7-12-23-18/h6-12,15-16H,13-14H2,1-5H3,(H,24,27). The van der Waals surface area contributed by atoms with Gasteiger partial charge in [0.25, 0.3) is 0 Å². The molecule has 0 fully saturated rings. The molecular formula is C22H29N3O2. The van der Waals surface area contributed by atoms with Crippen LogP contribution in [-0.4, -0.2) is 23.3 Å². The van der Waals surface area contributed by atoms with E-state index in [2.05, 4.69) is 38.0 Å². The van der Waals surface area contributed by atoms with Crippen LogP contribution in [0.5, 0.6) is 0 Å². The van der Waals surface area contributed by atoms with Crippen LogP contribution in [0.15, 0.2) is 42.6 Å². The van der Waals surface area contributed by atoms with Gasteiger partial charge in [-0.05, 0) is 35.1 Å². The van der Waals surface area contributed by atoms with Gasteiger partial charge in [0.15, 0.2) is 0 Å². The summed E-state index contributed by atoms with van der Waals surface area (Å²) >= 11 is 0. The van der Waals surface area contributed by atoms with E-state index in [9.17, 15) is 9.59 Å². The average molecular weight is 367 g/mol. The van der Waals surface area contributed by atoms with Crippen LogP contribution in [0.25, 0.3) is 0 Å². The molecule has 0 bridgehead atoms. The van der Waals surface area contributed by atoms with E-state index in [1.165, 1.54) is 6.92 Å². The predicted molar refractivity (Wildman–Crippen MR) is 109 cm³/mol. The van der Waals surface area contributed by atoms with Gasteiger partial charge in [-0.15, -0.1) is 0 Å². The largest absolute Gasteiger partial charge is 0.349 e. The highest BCUT2D eigenvalue weighted by molar-refractivity contribution is 5.99. The molecule has 27 heavy (non-hydrogen) atoms. The quantitative estimate of drug-likeness (QED) is 0.805. The zero-order valence-electron chi connectivity index (χ0n) is 16.8. The van der Waals surface area contributed by atoms with Crippen LogP contribution >= 0.6 is 0 Å². The molecule has 1 aromatic heterocycles. The molecule has 2 amide bonds. The van der Waals surface area contributed by atoms with Crippen molar-refractivity contribution >= 4 is 17.5 Å². The van der Waals surface area contributed by atoms with Crippen LogP contribution in [0.4, 0.5) is 5.69 Å². The topological polar surface area (TPSA) is 62.3 Å². The molecule has 5 nitrogen and oxygen atoms in total. The van der Waals surface area contributed by atoms with E-state index >= 15 is 0 Å². The lowest BCUT2D eigenvalue weighted by Gasteiger charge is -2.29. The van der Waals surface area contributed by atoms with Crippen molar-refractivity contribution in [2.45, 2.75) is 53.0 Å². The molecule has 0 unspecified atom stereocenters. The zero-order chi connectivity index (χ0) is 20.0. The normalized spacial score (nSPS) is 10.9. The fourth-order valence-corrected chi connectivity index (χ4v) is 3.06. The van der Waals surface area contributed by atoms with Crippen LogP contribution in [0.3, 0.4) is 0 Å². The van der Waals surface area contributed by atoms with Gasteiger partial charge in [-0.3, -0.25) is 14.6 Å². The van der Waals surface area contributed by atoms with Crippen molar-refractivity contribution in [3.63, 3.8) is 0 Å². The highest BCUT2D eigenvalue weighted by atomic mass is 16.2. The molecule has 0 aliphatic carbocycles. The molecule has 144 valence electrons. The summed E-state index contributed by atoms with van der Waals surface area (Å²) in [6, 6.07) is 11.7. The summed E-state index contributed by atoms with van der Waals surface area (Å²) in [7, 11) is 0. The minimum Gasteiger partial charge on any atom is -0.349 e. The van der Waals surface area contributed by atoms with Gasteiger partial charge in [-0.1, -0.05) is 52.0 Å². The second-order valence-electron chi connectivity index (χ2n) is 7.30. The van der Waals surface area contributed by atoms with Gasteiger partial charge >= 0.3 is 0 Å². The molecule has 0 saturated heterocycles. The third-order valence-corrected chi connectivity index (χ3v) is 4.49. The molecule has 5 heteroatoms. The Morgan fingerprint density at radius 1 is 1.00 bits per heavy atom. The van der Waals surface area contributed by atoms with E-state index < -0.39 is 0 Å². The first kappa shape index (κ1) is 20.6. The Balaban J connectivity index is 2.27. The first-order valence-corrected chi connectivity index (χ1v) is 9.38. The van der Waals surface area contributed by atoms with Crippen molar-refractivity contribution in [1.29, 1.82) is 0 Å². The second-order valence-corrected chi connectivity index (χ2v) is 7.30. The molecule has 2 aromatic rings. The molecule has 2 rings (SSSR count). The van der Waals surface area contributed by atoms with E-state index in [0.29, 0.717) is 6.54 Å². The van der Waals surface area contributed by atoms with Crippen molar-refractivity contribution in [2.75, 3.05) is 11.4 Å². The molecule has 1 aromatic carbocycles. The summed E-state index contributed by atoms with van der Waals surface area (Å²) in [5.74, 6) is 0.149. The summed E-state index contributed by atoms with van der Waals surface area (Å²) in [6.45, 7) is 10.2. The van der Waals surface area contributed by atoms with Gasteiger partial charge in [0.2, 0.25) is 11.8 Å². The molecule has 0 aliphatic heterocycles. The minimum absolute atomic E-state index is 0.00831. The number of hydrogen-bond donors (Lipinski definition) is 1. The van der Waals surface area contributed by atoms with Crippen LogP contribution < -0.4 is 10.2 Å². The fraction of sp³-hybridized carbons (Fsp3) is 0.409. The third kappa shape index (κ3) is 5.39. The number of rotatable bonds is 7. The number of nitrogens with zero attached hydrogens (tertiary/aromatic N) is 2. The van der Waals surface area contributed by atoms with E-state index in [0.717, 1.165) is 22.5 Å². The van der Waals surface area contributed by atoms with E-state index in [-0.39, 0.29) is 30.2 Å². The lowest BCUT2D eigenvalue weighted by molar-refractivity contribution is -0.123. The summed E-state index contributed by atoms with van der Waals surface area (Å²) in [6.07, 6.45) is 1.69. The van der Waals surface area contributed by atoms with Crippen molar-refractivity contribution in [3.8, 4) is 0 Å². The number of benzene rings is 1. The lowest BCUT2D eigenvalue weighted by Crippen LogP contribution is -2.40. The zero-order valence-corrected chi connectivity index (χ0v) is 16.8. The molecule has 0 radical (unpaired) electrons. The maximum atomic E-state index is 12.5. The molecule has 0 aliphatic rings. The van der Waals surface area contributed by atoms with Gasteiger partial charge in [0, 0.05) is 13.1 Å². The number of hydrogen-bond acceptors (Lipinski definition) is 3. The summed E-state index contributed by atoms with van der Waals surface area (Å²) in [5, 5.41) is 2.86. The summed E-state index contributed by atoms with van der Waals surface area (Å²) in [5.41, 5.74) is 3.80. The summed E-state index contributed by atoms with van der Waals surface area (Å²) in [4.78, 5) is 30.8. The Bertz CT molecular complexity index is 759. The Morgan fingerprint density at radius 3 is 2.11 bits per heavy atom. The minimum atomic E-state index is -0.205. The van der Waals surface area contributed by atoms with Gasteiger partial charge in [-0.2, -0.15) is 0 Å². The van der Waals surface area contributed by atoms with Crippen molar-refractivity contribution in [3.05, 3.63) is 59.4 Å². The Labute approximate surface area is 161 Å². The Kier molecular flexibility index (Phi) is 7.11. The maximum absolute atomic E-state index is 12.5. The van der Waals surface area contributed by atoms with E-state index in [1.54, 1.807) is 11.1 Å². The fourth-order valence-electron chi connectivity index (χ4n) is 3.06. The maximum Gasteiger partial charge on any atom is 0.240 e. The van der Waals surface area contributed by atoms with Crippen molar-refractivity contribution < 1.29 is 9.59 Å². The number of carbonyl (C=O) groups is 2. The van der Waals surface area contributed by atoms with Gasteiger partial charge in [0.05, 0.1) is 17.9 Å². The SMILES string of the molecule is CC(=O)N(CC(=O)NCc1ccccn1)c1c(C(C)C)cccc1C(C)C. The smallest absolute Gasteiger partial charge is 0.240 e. The van der Waals surface area contributed by atoms with E-state index in [1.807, 2.05) is 36.4 Å². The first-order chi connectivity index (χ1) is 12.8. The molecule has 0 atom stereocenters. The average Bonchev–Trinajstić information content (AvgIpc) is 2.64. The highest BCUT2D eigenvalue weighted by Crippen LogP contribution is 2.35. The van der Waals surface area contributed by atoms with Gasteiger partial charge in [0.1, 0.15) is 6.54 Å². The number of amides is 2.